The highest BCUT2D eigenvalue weighted by Crippen LogP contribution is 2.46. The Morgan fingerprint density at radius 1 is 1.30 bits per heavy atom. The van der Waals surface area contributed by atoms with Gasteiger partial charge in [0, 0.05) is 30.1 Å². The monoisotopic (exact) mass is 487 g/mol. The highest BCUT2D eigenvalue weighted by molar-refractivity contribution is 6.31. The second kappa shape index (κ2) is 8.68. The van der Waals surface area contributed by atoms with Crippen molar-refractivity contribution in [3.05, 3.63) is 39.9 Å². The predicted octanol–water partition coefficient (Wildman–Crippen LogP) is 5.14. The Labute approximate surface area is 193 Å². The van der Waals surface area contributed by atoms with Crippen molar-refractivity contribution in [2.45, 2.75) is 44.9 Å². The lowest BCUT2D eigenvalue weighted by molar-refractivity contribution is -0.555. The van der Waals surface area contributed by atoms with Crippen molar-refractivity contribution in [3.8, 4) is 5.75 Å². The Morgan fingerprint density at radius 3 is 2.64 bits per heavy atom. The highest BCUT2D eigenvalue weighted by atomic mass is 35.5. The summed E-state index contributed by atoms with van der Waals surface area (Å²) in [7, 11) is 0. The van der Waals surface area contributed by atoms with E-state index >= 15 is 4.39 Å². The Morgan fingerprint density at radius 2 is 2.00 bits per heavy atom. The van der Waals surface area contributed by atoms with Crippen LogP contribution in [0.2, 0.25) is 5.02 Å². The molecular weight excluding hydrogens is 464 g/mol. The molecule has 2 aliphatic rings. The van der Waals surface area contributed by atoms with Crippen LogP contribution in [0.3, 0.4) is 0 Å². The summed E-state index contributed by atoms with van der Waals surface area (Å²) in [5, 5.41) is 4.51. The van der Waals surface area contributed by atoms with E-state index < -0.39 is 30.5 Å². The highest BCUT2D eigenvalue weighted by Gasteiger charge is 2.42. The molecule has 0 amide bonds. The van der Waals surface area contributed by atoms with E-state index in [0.717, 1.165) is 0 Å². The smallest absolute Gasteiger partial charge is 0.401 e. The summed E-state index contributed by atoms with van der Waals surface area (Å²) in [4.78, 5) is 9.57. The number of anilines is 1. The maximum absolute atomic E-state index is 15.2. The van der Waals surface area contributed by atoms with Crippen molar-refractivity contribution in [1.82, 2.24) is 14.9 Å². The lowest BCUT2D eigenvalue weighted by Gasteiger charge is -2.40. The molecule has 0 saturated carbocycles. The minimum atomic E-state index is -4.31. The molecule has 1 aromatic carbocycles. The average molecular weight is 488 g/mol. The molecule has 0 spiro atoms. The first kappa shape index (κ1) is 23.6. The van der Waals surface area contributed by atoms with Gasteiger partial charge in [0.1, 0.15) is 35.0 Å². The van der Waals surface area contributed by atoms with E-state index in [1.165, 1.54) is 17.3 Å². The number of nitrogen functional groups attached to an aromatic ring is 1. The molecule has 2 aliphatic heterocycles. The summed E-state index contributed by atoms with van der Waals surface area (Å²) in [5.41, 5.74) is 7.46. The van der Waals surface area contributed by atoms with Crippen LogP contribution in [0.5, 0.6) is 5.75 Å². The van der Waals surface area contributed by atoms with E-state index in [4.69, 9.17) is 22.1 Å². The average Bonchev–Trinajstić information content (AvgIpc) is 3.05. The number of hydrogen-bond acceptors (Lipinski definition) is 6. The molecule has 7 nitrogen and oxygen atoms in total. The van der Waals surface area contributed by atoms with Gasteiger partial charge in [-0.2, -0.15) is 18.2 Å². The van der Waals surface area contributed by atoms with Crippen molar-refractivity contribution in [2.24, 2.45) is 5.11 Å². The number of alkyl halides is 3. The van der Waals surface area contributed by atoms with Crippen LogP contribution >= 0.6 is 11.6 Å². The molecule has 1 aromatic heterocycles. The van der Waals surface area contributed by atoms with Gasteiger partial charge in [-0.05, 0) is 31.8 Å². The van der Waals surface area contributed by atoms with E-state index in [1.807, 2.05) is 13.8 Å². The van der Waals surface area contributed by atoms with E-state index in [-0.39, 0.29) is 42.1 Å². The number of aromatic nitrogens is 2. The number of azo groups is 2. The first-order chi connectivity index (χ1) is 15.5. The minimum Gasteiger partial charge on any atom is -0.493 e. The van der Waals surface area contributed by atoms with Crippen molar-refractivity contribution >= 4 is 23.2 Å². The molecule has 3 heterocycles. The number of rotatable bonds is 6. The van der Waals surface area contributed by atoms with Crippen LogP contribution in [0, 0.1) is 5.82 Å². The summed E-state index contributed by atoms with van der Waals surface area (Å²) in [5.74, 6) is -0.00784. The number of likely N-dealkylation sites (tertiary alicyclic amines) is 1. The number of nitrogens with zero attached hydrogens (tertiary/aromatic N) is 5. The Bertz CT molecular complexity index is 1100. The van der Waals surface area contributed by atoms with Gasteiger partial charge < -0.3 is 10.5 Å². The Hall–Kier alpha value is -2.53. The quantitative estimate of drug-likeness (QED) is 0.450. The summed E-state index contributed by atoms with van der Waals surface area (Å²) in [6, 6.07) is 0.732. The van der Waals surface area contributed by atoms with E-state index in [2.05, 4.69) is 15.1 Å². The fourth-order valence-corrected chi connectivity index (χ4v) is 4.68. The first-order valence-corrected chi connectivity index (χ1v) is 10.9. The van der Waals surface area contributed by atoms with Crippen molar-refractivity contribution < 1.29 is 27.0 Å². The summed E-state index contributed by atoms with van der Waals surface area (Å²) in [6.45, 7) is 4.78. The van der Waals surface area contributed by atoms with E-state index in [9.17, 15) is 13.2 Å². The molecule has 1 saturated heterocycles. The number of ether oxygens (including phenoxy) is 1. The number of hydrogen-bond donors (Lipinski definition) is 1. The molecule has 4 rings (SSSR count). The van der Waals surface area contributed by atoms with Gasteiger partial charge in [-0.1, -0.05) is 11.6 Å². The minimum absolute atomic E-state index is 0.0579. The van der Waals surface area contributed by atoms with Crippen LogP contribution in [0.15, 0.2) is 17.5 Å². The summed E-state index contributed by atoms with van der Waals surface area (Å²) < 4.78 is 60.9. The zero-order chi connectivity index (χ0) is 24.1. The maximum atomic E-state index is 15.2. The fraction of sp³-hybridized carbons (Fsp3) is 0.524. The lowest BCUT2D eigenvalue weighted by atomic mass is 9.87. The van der Waals surface area contributed by atoms with Crippen molar-refractivity contribution in [2.75, 3.05) is 32.0 Å². The molecule has 12 heteroatoms. The van der Waals surface area contributed by atoms with Gasteiger partial charge in [0.05, 0.1) is 18.2 Å². The number of halogens is 5. The SMILES string of the molecule is CCOc1c(C(C)[N+]2=NC(C)c3c(N)ncnc32)cc(Cl)c(F)c1C1CN(CC(F)(F)F)C1. The molecule has 1 fully saturated rings. The van der Waals surface area contributed by atoms with Gasteiger partial charge in [0.15, 0.2) is 0 Å². The molecule has 178 valence electrons. The van der Waals surface area contributed by atoms with Gasteiger partial charge >= 0.3 is 12.0 Å². The van der Waals surface area contributed by atoms with Gasteiger partial charge in [-0.3, -0.25) is 4.90 Å². The van der Waals surface area contributed by atoms with Gasteiger partial charge in [0.25, 0.3) is 0 Å². The van der Waals surface area contributed by atoms with E-state index in [0.29, 0.717) is 22.8 Å². The molecule has 0 aliphatic carbocycles. The summed E-state index contributed by atoms with van der Waals surface area (Å²) >= 11 is 6.25. The Balaban J connectivity index is 1.73. The summed E-state index contributed by atoms with van der Waals surface area (Å²) in [6.07, 6.45) is -2.97. The van der Waals surface area contributed by atoms with Gasteiger partial charge in [0.2, 0.25) is 6.33 Å². The third-order valence-corrected chi connectivity index (χ3v) is 6.21. The van der Waals surface area contributed by atoms with Crippen LogP contribution in [0.1, 0.15) is 55.5 Å². The van der Waals surface area contributed by atoms with Gasteiger partial charge in [-0.25, -0.2) is 4.39 Å². The molecule has 33 heavy (non-hydrogen) atoms. The molecule has 2 atom stereocenters. The number of benzene rings is 1. The zero-order valence-corrected chi connectivity index (χ0v) is 19.1. The van der Waals surface area contributed by atoms with E-state index in [1.54, 1.807) is 11.6 Å². The maximum Gasteiger partial charge on any atom is 0.401 e. The van der Waals surface area contributed by atoms with Crippen LogP contribution in [0.4, 0.5) is 29.2 Å². The Kier molecular flexibility index (Phi) is 6.21. The molecule has 2 aromatic rings. The zero-order valence-electron chi connectivity index (χ0n) is 18.3. The molecule has 0 radical (unpaired) electrons. The van der Waals surface area contributed by atoms with Crippen LogP contribution in [-0.4, -0.2) is 52.0 Å². The largest absolute Gasteiger partial charge is 0.493 e. The predicted molar refractivity (Wildman–Crippen MR) is 113 cm³/mol. The van der Waals surface area contributed by atoms with Crippen LogP contribution in [0.25, 0.3) is 0 Å². The normalized spacial score (nSPS) is 19.8. The first-order valence-electron chi connectivity index (χ1n) is 10.6. The van der Waals surface area contributed by atoms with Crippen molar-refractivity contribution in [1.29, 1.82) is 0 Å². The number of fused-ring (bicyclic) bond motifs is 1. The second-order valence-corrected chi connectivity index (χ2v) is 8.66. The standard InChI is InChI=1S/C21H24ClF4N6O/c1-4-33-18-13(11(3)32-20-15(10(2)30-32)19(27)28-9-29-20)5-14(22)17(23)16(18)12-6-31(7-12)8-21(24,25)26/h5,9-12H,4,6-8H2,1-3H3,(H2,27,28,29)/q+1. The molecule has 0 bridgehead atoms. The van der Waals surface area contributed by atoms with Crippen LogP contribution < -0.4 is 10.5 Å². The van der Waals surface area contributed by atoms with Crippen molar-refractivity contribution in [3.63, 3.8) is 0 Å². The lowest BCUT2D eigenvalue weighted by Crippen LogP contribution is -2.49. The molecule has 2 N–H and O–H groups in total. The van der Waals surface area contributed by atoms with Gasteiger partial charge in [-0.15, -0.1) is 9.81 Å². The second-order valence-electron chi connectivity index (χ2n) is 8.25. The molecular formula is C21H24ClF4N6O+. The number of nitrogens with two attached hydrogens (primary N) is 1. The fourth-order valence-electron chi connectivity index (χ4n) is 4.46. The third-order valence-electron chi connectivity index (χ3n) is 5.94. The third kappa shape index (κ3) is 4.35. The topological polar surface area (TPSA) is 79.6 Å². The van der Waals surface area contributed by atoms with Crippen LogP contribution in [-0.2, 0) is 0 Å². The molecule has 2 unspecified atom stereocenters.